The molecule has 0 saturated carbocycles. The summed E-state index contributed by atoms with van der Waals surface area (Å²) in [6.07, 6.45) is -1.27. The summed E-state index contributed by atoms with van der Waals surface area (Å²) in [5, 5.41) is 0. The standard InChI is InChI=1S/C13H17F3N2O/c1-18-7-4-12(5-8-18,13(14,15)16)19-10-11-3-2-6-17-9-11/h2-3,6,9H,4-5,7-8,10H2,1H3. The summed E-state index contributed by atoms with van der Waals surface area (Å²) in [7, 11) is 1.82. The van der Waals surface area contributed by atoms with Crippen LogP contribution in [0, 0.1) is 0 Å². The number of nitrogens with zero attached hydrogens (tertiary/aromatic N) is 2. The van der Waals surface area contributed by atoms with Crippen molar-refractivity contribution >= 4 is 0 Å². The first-order valence-corrected chi connectivity index (χ1v) is 6.21. The van der Waals surface area contributed by atoms with Gasteiger partial charge in [0.2, 0.25) is 0 Å². The molecule has 1 aliphatic heterocycles. The molecule has 1 aromatic rings. The van der Waals surface area contributed by atoms with Crippen LogP contribution in [-0.4, -0.2) is 41.8 Å². The molecule has 0 atom stereocenters. The van der Waals surface area contributed by atoms with E-state index in [1.165, 1.54) is 6.20 Å². The number of halogens is 3. The van der Waals surface area contributed by atoms with Gasteiger partial charge in [-0.05, 0) is 31.5 Å². The molecule has 1 saturated heterocycles. The highest BCUT2D eigenvalue weighted by molar-refractivity contribution is 5.07. The molecule has 0 spiro atoms. The van der Waals surface area contributed by atoms with E-state index in [0.29, 0.717) is 18.7 Å². The summed E-state index contributed by atoms with van der Waals surface area (Å²) in [5.74, 6) is 0. The van der Waals surface area contributed by atoms with E-state index in [2.05, 4.69) is 4.98 Å². The van der Waals surface area contributed by atoms with Crippen molar-refractivity contribution < 1.29 is 17.9 Å². The smallest absolute Gasteiger partial charge is 0.361 e. The van der Waals surface area contributed by atoms with E-state index in [4.69, 9.17) is 4.74 Å². The van der Waals surface area contributed by atoms with Gasteiger partial charge in [0.1, 0.15) is 0 Å². The van der Waals surface area contributed by atoms with Crippen molar-refractivity contribution in [3.63, 3.8) is 0 Å². The van der Waals surface area contributed by atoms with E-state index in [-0.39, 0.29) is 19.4 Å². The fraction of sp³-hybridized carbons (Fsp3) is 0.615. The van der Waals surface area contributed by atoms with Gasteiger partial charge in [0.05, 0.1) is 6.61 Å². The Kier molecular flexibility index (Phi) is 4.10. The Morgan fingerprint density at radius 2 is 2.05 bits per heavy atom. The molecule has 1 aliphatic rings. The van der Waals surface area contributed by atoms with Gasteiger partial charge in [-0.2, -0.15) is 13.2 Å². The lowest BCUT2D eigenvalue weighted by Crippen LogP contribution is -2.54. The molecule has 0 aliphatic carbocycles. The molecule has 1 fully saturated rings. The summed E-state index contributed by atoms with van der Waals surface area (Å²) < 4.78 is 45.1. The van der Waals surface area contributed by atoms with Crippen LogP contribution >= 0.6 is 0 Å². The Morgan fingerprint density at radius 1 is 1.37 bits per heavy atom. The van der Waals surface area contributed by atoms with Gasteiger partial charge in [-0.25, -0.2) is 0 Å². The summed E-state index contributed by atoms with van der Waals surface area (Å²) in [5.41, 5.74) is -1.36. The molecular weight excluding hydrogens is 257 g/mol. The molecule has 3 nitrogen and oxygen atoms in total. The lowest BCUT2D eigenvalue weighted by atomic mass is 9.90. The number of ether oxygens (including phenoxy) is 1. The van der Waals surface area contributed by atoms with Crippen molar-refractivity contribution in [1.82, 2.24) is 9.88 Å². The van der Waals surface area contributed by atoms with Crippen LogP contribution in [0.1, 0.15) is 18.4 Å². The Balaban J connectivity index is 2.07. The number of hydrogen-bond donors (Lipinski definition) is 0. The summed E-state index contributed by atoms with van der Waals surface area (Å²) >= 11 is 0. The molecule has 2 heterocycles. The maximum Gasteiger partial charge on any atom is 0.417 e. The number of hydrogen-bond acceptors (Lipinski definition) is 3. The molecular formula is C13H17F3N2O. The molecule has 6 heteroatoms. The van der Waals surface area contributed by atoms with Gasteiger partial charge in [0.15, 0.2) is 5.60 Å². The summed E-state index contributed by atoms with van der Waals surface area (Å²) in [6, 6.07) is 3.40. The van der Waals surface area contributed by atoms with Crippen LogP contribution in [0.15, 0.2) is 24.5 Å². The van der Waals surface area contributed by atoms with Crippen molar-refractivity contribution in [2.24, 2.45) is 0 Å². The van der Waals surface area contributed by atoms with Crippen molar-refractivity contribution in [2.75, 3.05) is 20.1 Å². The molecule has 0 aromatic carbocycles. The van der Waals surface area contributed by atoms with E-state index in [0.717, 1.165) is 0 Å². The molecule has 0 unspecified atom stereocenters. The van der Waals surface area contributed by atoms with Crippen LogP contribution in [0.25, 0.3) is 0 Å². The molecule has 106 valence electrons. The van der Waals surface area contributed by atoms with Crippen molar-refractivity contribution in [2.45, 2.75) is 31.2 Å². The van der Waals surface area contributed by atoms with Gasteiger partial charge in [0.25, 0.3) is 0 Å². The Morgan fingerprint density at radius 3 is 2.58 bits per heavy atom. The van der Waals surface area contributed by atoms with Gasteiger partial charge < -0.3 is 9.64 Å². The first-order valence-electron chi connectivity index (χ1n) is 6.21. The number of piperidine rings is 1. The number of alkyl halides is 3. The van der Waals surface area contributed by atoms with E-state index < -0.39 is 11.8 Å². The largest absolute Gasteiger partial charge is 0.417 e. The van der Waals surface area contributed by atoms with E-state index >= 15 is 0 Å². The molecule has 0 radical (unpaired) electrons. The highest BCUT2D eigenvalue weighted by Gasteiger charge is 2.56. The third kappa shape index (κ3) is 3.25. The van der Waals surface area contributed by atoms with Gasteiger partial charge in [-0.15, -0.1) is 0 Å². The van der Waals surface area contributed by atoms with Gasteiger partial charge in [0, 0.05) is 25.5 Å². The van der Waals surface area contributed by atoms with E-state index in [9.17, 15) is 13.2 Å². The average Bonchev–Trinajstić information content (AvgIpc) is 2.38. The number of aromatic nitrogens is 1. The van der Waals surface area contributed by atoms with Crippen LogP contribution in [0.5, 0.6) is 0 Å². The first-order chi connectivity index (χ1) is 8.93. The van der Waals surface area contributed by atoms with Gasteiger partial charge >= 0.3 is 6.18 Å². The minimum Gasteiger partial charge on any atom is -0.361 e. The molecule has 0 bridgehead atoms. The van der Waals surface area contributed by atoms with Crippen LogP contribution in [0.2, 0.25) is 0 Å². The quantitative estimate of drug-likeness (QED) is 0.847. The van der Waals surface area contributed by atoms with Gasteiger partial charge in [-0.3, -0.25) is 4.98 Å². The summed E-state index contributed by atoms with van der Waals surface area (Å²) in [6.45, 7) is 0.732. The van der Waals surface area contributed by atoms with Crippen LogP contribution in [0.4, 0.5) is 13.2 Å². The fourth-order valence-electron chi connectivity index (χ4n) is 2.19. The highest BCUT2D eigenvalue weighted by atomic mass is 19.4. The topological polar surface area (TPSA) is 25.4 Å². The van der Waals surface area contributed by atoms with Crippen LogP contribution in [0.3, 0.4) is 0 Å². The normalized spacial score (nSPS) is 20.4. The predicted molar refractivity (Wildman–Crippen MR) is 64.5 cm³/mol. The second-order valence-electron chi connectivity index (χ2n) is 4.95. The monoisotopic (exact) mass is 274 g/mol. The van der Waals surface area contributed by atoms with Crippen molar-refractivity contribution in [3.8, 4) is 0 Å². The number of rotatable bonds is 3. The Hall–Kier alpha value is -1.14. The first kappa shape index (κ1) is 14.3. The summed E-state index contributed by atoms with van der Waals surface area (Å²) in [4.78, 5) is 5.76. The number of likely N-dealkylation sites (tertiary alicyclic amines) is 1. The maximum absolute atomic E-state index is 13.3. The average molecular weight is 274 g/mol. The second-order valence-corrected chi connectivity index (χ2v) is 4.95. The Bertz CT molecular complexity index is 400. The zero-order chi connectivity index (χ0) is 13.9. The van der Waals surface area contributed by atoms with Crippen LogP contribution < -0.4 is 0 Å². The second kappa shape index (κ2) is 5.46. The maximum atomic E-state index is 13.3. The zero-order valence-electron chi connectivity index (χ0n) is 10.8. The zero-order valence-corrected chi connectivity index (χ0v) is 10.8. The molecule has 2 rings (SSSR count). The van der Waals surface area contributed by atoms with E-state index in [1.54, 1.807) is 18.3 Å². The minimum atomic E-state index is -4.34. The molecule has 1 aromatic heterocycles. The number of pyridine rings is 1. The van der Waals surface area contributed by atoms with Crippen molar-refractivity contribution in [1.29, 1.82) is 0 Å². The molecule has 0 amide bonds. The lowest BCUT2D eigenvalue weighted by Gasteiger charge is -2.41. The minimum absolute atomic E-state index is 0.0206. The van der Waals surface area contributed by atoms with Gasteiger partial charge in [-0.1, -0.05) is 6.07 Å². The Labute approximate surface area is 110 Å². The highest BCUT2D eigenvalue weighted by Crippen LogP contribution is 2.41. The molecule has 19 heavy (non-hydrogen) atoms. The lowest BCUT2D eigenvalue weighted by molar-refractivity contribution is -0.293. The van der Waals surface area contributed by atoms with Crippen molar-refractivity contribution in [3.05, 3.63) is 30.1 Å². The molecule has 0 N–H and O–H groups in total. The third-order valence-electron chi connectivity index (χ3n) is 3.55. The van der Waals surface area contributed by atoms with Crippen LogP contribution in [-0.2, 0) is 11.3 Å². The third-order valence-corrected chi connectivity index (χ3v) is 3.55. The van der Waals surface area contributed by atoms with E-state index in [1.807, 2.05) is 11.9 Å². The fourth-order valence-corrected chi connectivity index (χ4v) is 2.19. The predicted octanol–water partition coefficient (Wildman–Crippen LogP) is 2.62. The SMILES string of the molecule is CN1CCC(OCc2cccnc2)(C(F)(F)F)CC1.